The van der Waals surface area contributed by atoms with E-state index in [1.807, 2.05) is 30.3 Å². The molecule has 0 bridgehead atoms. The van der Waals surface area contributed by atoms with Crippen molar-refractivity contribution < 1.29 is 14.3 Å². The molecule has 0 spiro atoms. The number of para-hydroxylation sites is 1. The van der Waals surface area contributed by atoms with Gasteiger partial charge < -0.3 is 14.5 Å². The Hall–Kier alpha value is -2.82. The molecule has 0 radical (unpaired) electrons. The van der Waals surface area contributed by atoms with Crippen LogP contribution in [0.2, 0.25) is 0 Å². The lowest BCUT2D eigenvalue weighted by molar-refractivity contribution is -0.125. The normalized spacial score (nSPS) is 16.6. The molecule has 5 heteroatoms. The molecule has 0 saturated heterocycles. The quantitative estimate of drug-likeness (QED) is 0.857. The van der Waals surface area contributed by atoms with Gasteiger partial charge in [0.1, 0.15) is 5.75 Å². The van der Waals surface area contributed by atoms with Crippen molar-refractivity contribution >= 4 is 23.2 Å². The summed E-state index contributed by atoms with van der Waals surface area (Å²) in [5.74, 6) is 0.343. The summed E-state index contributed by atoms with van der Waals surface area (Å²) >= 11 is 0. The Kier molecular flexibility index (Phi) is 3.78. The van der Waals surface area contributed by atoms with E-state index in [2.05, 4.69) is 0 Å². The van der Waals surface area contributed by atoms with E-state index in [-0.39, 0.29) is 11.8 Å². The number of carbonyl (C=O) groups excluding carboxylic acids is 2. The van der Waals surface area contributed by atoms with Crippen molar-refractivity contribution in [3.05, 3.63) is 54.1 Å². The summed E-state index contributed by atoms with van der Waals surface area (Å²) in [6.07, 6.45) is -0.513. The summed E-state index contributed by atoms with van der Waals surface area (Å²) in [4.78, 5) is 27.8. The fourth-order valence-electron chi connectivity index (χ4n) is 2.61. The van der Waals surface area contributed by atoms with Gasteiger partial charge in [-0.05, 0) is 37.3 Å². The molecule has 2 aromatic carbocycles. The van der Waals surface area contributed by atoms with Crippen LogP contribution in [0.4, 0.5) is 11.4 Å². The van der Waals surface area contributed by atoms with Gasteiger partial charge in [-0.25, -0.2) is 0 Å². The molecule has 1 aliphatic rings. The van der Waals surface area contributed by atoms with Gasteiger partial charge in [0.15, 0.2) is 6.10 Å². The predicted molar refractivity (Wildman–Crippen MR) is 89.1 cm³/mol. The molecule has 118 valence electrons. The number of likely N-dealkylation sites (N-methyl/N-ethyl adjacent to an activating group) is 1. The van der Waals surface area contributed by atoms with Gasteiger partial charge in [0.2, 0.25) is 0 Å². The van der Waals surface area contributed by atoms with Crippen molar-refractivity contribution in [2.75, 3.05) is 23.9 Å². The molecule has 2 amide bonds. The van der Waals surface area contributed by atoms with E-state index >= 15 is 0 Å². The lowest BCUT2D eigenvalue weighted by Crippen LogP contribution is -2.42. The number of hydrogen-bond donors (Lipinski definition) is 0. The van der Waals surface area contributed by atoms with Crippen molar-refractivity contribution in [3.8, 4) is 5.75 Å². The Morgan fingerprint density at radius 2 is 1.87 bits per heavy atom. The SMILES string of the molecule is CC1Oc2ccc(C(=O)N(C)c3ccccc3)cc2N(C)C1=O. The minimum Gasteiger partial charge on any atom is -0.479 e. The van der Waals surface area contributed by atoms with Crippen LogP contribution in [-0.2, 0) is 4.79 Å². The van der Waals surface area contributed by atoms with Gasteiger partial charge >= 0.3 is 0 Å². The van der Waals surface area contributed by atoms with E-state index in [4.69, 9.17) is 4.74 Å². The number of carbonyl (C=O) groups is 2. The van der Waals surface area contributed by atoms with Crippen molar-refractivity contribution in [1.29, 1.82) is 0 Å². The molecule has 0 N–H and O–H groups in total. The monoisotopic (exact) mass is 310 g/mol. The van der Waals surface area contributed by atoms with Gasteiger partial charge in [-0.3, -0.25) is 9.59 Å². The second kappa shape index (κ2) is 5.76. The fourth-order valence-corrected chi connectivity index (χ4v) is 2.61. The Bertz CT molecular complexity index is 758. The molecular formula is C18H18N2O3. The van der Waals surface area contributed by atoms with Gasteiger partial charge in [-0.15, -0.1) is 0 Å². The first kappa shape index (κ1) is 15.1. The van der Waals surface area contributed by atoms with E-state index in [1.54, 1.807) is 44.1 Å². The zero-order chi connectivity index (χ0) is 16.6. The molecule has 3 rings (SSSR count). The second-order valence-electron chi connectivity index (χ2n) is 5.54. The minimum atomic E-state index is -0.513. The van der Waals surface area contributed by atoms with E-state index in [1.165, 1.54) is 4.90 Å². The van der Waals surface area contributed by atoms with Gasteiger partial charge in [0, 0.05) is 25.3 Å². The third-order valence-electron chi connectivity index (χ3n) is 4.00. The molecule has 1 unspecified atom stereocenters. The number of benzene rings is 2. The fraction of sp³-hybridized carbons (Fsp3) is 0.222. The highest BCUT2D eigenvalue weighted by Gasteiger charge is 2.29. The average molecular weight is 310 g/mol. The van der Waals surface area contributed by atoms with Crippen molar-refractivity contribution in [2.45, 2.75) is 13.0 Å². The molecule has 0 saturated carbocycles. The average Bonchev–Trinajstić information content (AvgIpc) is 2.59. The third-order valence-corrected chi connectivity index (χ3v) is 4.00. The van der Waals surface area contributed by atoms with Crippen LogP contribution in [0, 0.1) is 0 Å². The first-order valence-corrected chi connectivity index (χ1v) is 7.40. The first-order valence-electron chi connectivity index (χ1n) is 7.40. The smallest absolute Gasteiger partial charge is 0.267 e. The highest BCUT2D eigenvalue weighted by molar-refractivity contribution is 6.08. The number of rotatable bonds is 2. The minimum absolute atomic E-state index is 0.126. The molecule has 5 nitrogen and oxygen atoms in total. The van der Waals surface area contributed by atoms with E-state index < -0.39 is 6.10 Å². The number of amides is 2. The summed E-state index contributed by atoms with van der Waals surface area (Å²) < 4.78 is 5.58. The molecule has 1 heterocycles. The lowest BCUT2D eigenvalue weighted by Gasteiger charge is -2.30. The van der Waals surface area contributed by atoms with Gasteiger partial charge in [-0.2, -0.15) is 0 Å². The number of hydrogen-bond acceptors (Lipinski definition) is 3. The number of nitrogens with zero attached hydrogens (tertiary/aromatic N) is 2. The maximum atomic E-state index is 12.7. The topological polar surface area (TPSA) is 49.9 Å². The van der Waals surface area contributed by atoms with Gasteiger partial charge in [-0.1, -0.05) is 18.2 Å². The summed E-state index contributed by atoms with van der Waals surface area (Å²) in [6.45, 7) is 1.71. The molecule has 1 aliphatic heterocycles. The largest absolute Gasteiger partial charge is 0.479 e. The van der Waals surface area contributed by atoms with Gasteiger partial charge in [0.25, 0.3) is 11.8 Å². The third kappa shape index (κ3) is 2.65. The van der Waals surface area contributed by atoms with Crippen LogP contribution < -0.4 is 14.5 Å². The number of anilines is 2. The maximum absolute atomic E-state index is 12.7. The standard InChI is InChI=1S/C18H18N2O3/c1-12-17(21)20(3)15-11-13(9-10-16(15)23-12)18(22)19(2)14-7-5-4-6-8-14/h4-12H,1-3H3. The molecule has 23 heavy (non-hydrogen) atoms. The molecule has 1 atom stereocenters. The van der Waals surface area contributed by atoms with Crippen molar-refractivity contribution in [2.24, 2.45) is 0 Å². The Morgan fingerprint density at radius 3 is 2.57 bits per heavy atom. The zero-order valence-electron chi connectivity index (χ0n) is 13.3. The second-order valence-corrected chi connectivity index (χ2v) is 5.54. The van der Waals surface area contributed by atoms with E-state index in [0.717, 1.165) is 5.69 Å². The maximum Gasteiger partial charge on any atom is 0.267 e. The molecule has 0 fully saturated rings. The highest BCUT2D eigenvalue weighted by Crippen LogP contribution is 2.34. The summed E-state index contributed by atoms with van der Waals surface area (Å²) in [5.41, 5.74) is 1.93. The Morgan fingerprint density at radius 1 is 1.17 bits per heavy atom. The van der Waals surface area contributed by atoms with Crippen LogP contribution >= 0.6 is 0 Å². The summed E-state index contributed by atoms with van der Waals surface area (Å²) in [7, 11) is 3.42. The van der Waals surface area contributed by atoms with Crippen LogP contribution in [0.1, 0.15) is 17.3 Å². The number of ether oxygens (including phenoxy) is 1. The van der Waals surface area contributed by atoms with Crippen LogP contribution in [0.3, 0.4) is 0 Å². The number of fused-ring (bicyclic) bond motifs is 1. The van der Waals surface area contributed by atoms with E-state index in [0.29, 0.717) is 17.0 Å². The van der Waals surface area contributed by atoms with Crippen molar-refractivity contribution in [3.63, 3.8) is 0 Å². The van der Waals surface area contributed by atoms with Crippen LogP contribution in [0.15, 0.2) is 48.5 Å². The Balaban J connectivity index is 1.93. The molecule has 0 aliphatic carbocycles. The van der Waals surface area contributed by atoms with Crippen LogP contribution in [0.25, 0.3) is 0 Å². The molecular weight excluding hydrogens is 292 g/mol. The summed E-state index contributed by atoms with van der Waals surface area (Å²) in [5, 5.41) is 0. The van der Waals surface area contributed by atoms with E-state index in [9.17, 15) is 9.59 Å². The van der Waals surface area contributed by atoms with Crippen LogP contribution in [-0.4, -0.2) is 32.0 Å². The molecule has 2 aromatic rings. The van der Waals surface area contributed by atoms with Crippen molar-refractivity contribution in [1.82, 2.24) is 0 Å². The Labute approximate surface area is 135 Å². The predicted octanol–water partition coefficient (Wildman–Crippen LogP) is 2.71. The van der Waals surface area contributed by atoms with Crippen LogP contribution in [0.5, 0.6) is 5.75 Å². The lowest BCUT2D eigenvalue weighted by atomic mass is 10.1. The van der Waals surface area contributed by atoms with Gasteiger partial charge in [0.05, 0.1) is 5.69 Å². The molecule has 0 aromatic heterocycles. The zero-order valence-corrected chi connectivity index (χ0v) is 13.3. The first-order chi connectivity index (χ1) is 11.0. The highest BCUT2D eigenvalue weighted by atomic mass is 16.5. The summed E-state index contributed by atoms with van der Waals surface area (Å²) in [6, 6.07) is 14.6.